The highest BCUT2D eigenvalue weighted by Gasteiger charge is 2.26. The predicted octanol–water partition coefficient (Wildman–Crippen LogP) is 5.69. The summed E-state index contributed by atoms with van der Waals surface area (Å²) in [5.74, 6) is 0.728. The van der Waals surface area contributed by atoms with E-state index in [1.165, 1.54) is 0 Å². The number of rotatable bonds is 5. The van der Waals surface area contributed by atoms with Crippen LogP contribution in [0.4, 0.5) is 10.6 Å². The van der Waals surface area contributed by atoms with Crippen LogP contribution in [0.25, 0.3) is 28.2 Å². The van der Waals surface area contributed by atoms with Crippen molar-refractivity contribution in [1.29, 1.82) is 0 Å². The average Bonchev–Trinajstić information content (AvgIpc) is 3.51. The summed E-state index contributed by atoms with van der Waals surface area (Å²) >= 11 is 6.08. The molecular weight excluding hydrogens is 478 g/mol. The lowest BCUT2D eigenvalue weighted by Crippen LogP contribution is -2.42. The zero-order chi connectivity index (χ0) is 25.3. The number of carbonyl (C=O) groups excluding carboxylic acids is 1. The van der Waals surface area contributed by atoms with Crippen molar-refractivity contribution < 1.29 is 9.53 Å². The van der Waals surface area contributed by atoms with Crippen molar-refractivity contribution in [1.82, 2.24) is 29.9 Å². The first-order valence-electron chi connectivity index (χ1n) is 12.1. The summed E-state index contributed by atoms with van der Waals surface area (Å²) in [4.78, 5) is 21.8. The summed E-state index contributed by atoms with van der Waals surface area (Å²) in [6, 6.07) is 7.98. The number of aromatic nitrogens is 5. The van der Waals surface area contributed by atoms with Crippen LogP contribution in [-0.2, 0) is 4.74 Å². The maximum atomic E-state index is 12.1. The zero-order valence-electron chi connectivity index (χ0n) is 20.6. The quantitative estimate of drug-likeness (QED) is 0.320. The molecule has 0 atom stereocenters. The van der Waals surface area contributed by atoms with Gasteiger partial charge in [-0.1, -0.05) is 23.7 Å². The molecule has 0 unspecified atom stereocenters. The van der Waals surface area contributed by atoms with E-state index in [1.54, 1.807) is 6.20 Å². The minimum atomic E-state index is -0.502. The molecule has 0 aliphatic heterocycles. The van der Waals surface area contributed by atoms with Gasteiger partial charge in [-0.15, -0.1) is 0 Å². The van der Waals surface area contributed by atoms with E-state index in [4.69, 9.17) is 26.3 Å². The number of carbonyl (C=O) groups is 1. The van der Waals surface area contributed by atoms with Crippen molar-refractivity contribution in [2.45, 2.75) is 64.1 Å². The molecule has 1 saturated carbocycles. The third-order valence-electron chi connectivity index (χ3n) is 6.22. The molecule has 9 nitrogen and oxygen atoms in total. The van der Waals surface area contributed by atoms with Crippen LogP contribution in [0.15, 0.2) is 49.1 Å². The number of fused-ring (bicyclic) bond motifs is 1. The van der Waals surface area contributed by atoms with Gasteiger partial charge in [0.1, 0.15) is 5.60 Å². The molecule has 3 N–H and O–H groups in total. The summed E-state index contributed by atoms with van der Waals surface area (Å²) in [6.07, 6.45) is 10.6. The number of imidazole rings is 1. The fourth-order valence-electron chi connectivity index (χ4n) is 4.49. The smallest absolute Gasteiger partial charge is 0.407 e. The maximum absolute atomic E-state index is 12.1. The molecule has 0 saturated heterocycles. The molecule has 1 aliphatic rings. The van der Waals surface area contributed by atoms with Gasteiger partial charge in [0, 0.05) is 40.6 Å². The van der Waals surface area contributed by atoms with E-state index in [0.717, 1.165) is 59.7 Å². The van der Waals surface area contributed by atoms with Gasteiger partial charge in [0.05, 0.1) is 23.8 Å². The summed E-state index contributed by atoms with van der Waals surface area (Å²) in [7, 11) is 0. The highest BCUT2D eigenvalue weighted by Crippen LogP contribution is 2.30. The SMILES string of the molecule is CC(C)(C)OC(=O)NC1CCC(Nc2ncc(-c3cn[nH]c3)n3cc(-c4ccc(Cl)cc4)nc23)CC1. The Morgan fingerprint density at radius 1 is 1.08 bits per heavy atom. The minimum Gasteiger partial charge on any atom is -0.444 e. The Bertz CT molecular complexity index is 1340. The van der Waals surface area contributed by atoms with Gasteiger partial charge in [0.15, 0.2) is 11.5 Å². The summed E-state index contributed by atoms with van der Waals surface area (Å²) in [6.45, 7) is 5.60. The van der Waals surface area contributed by atoms with Crippen LogP contribution in [0.5, 0.6) is 0 Å². The van der Waals surface area contributed by atoms with E-state index in [2.05, 4.69) is 20.8 Å². The first-order valence-corrected chi connectivity index (χ1v) is 12.5. The number of alkyl carbamates (subject to hydrolysis) is 1. The normalized spacial score (nSPS) is 18.2. The number of nitrogens with one attached hydrogen (secondary N) is 3. The van der Waals surface area contributed by atoms with E-state index >= 15 is 0 Å². The topological polar surface area (TPSA) is 109 Å². The number of ether oxygens (including phenoxy) is 1. The lowest BCUT2D eigenvalue weighted by molar-refractivity contribution is 0.0492. The molecule has 0 spiro atoms. The van der Waals surface area contributed by atoms with Crippen LogP contribution >= 0.6 is 11.6 Å². The van der Waals surface area contributed by atoms with Gasteiger partial charge < -0.3 is 15.4 Å². The molecule has 188 valence electrons. The standard InChI is InChI=1S/C26H30ClN7O2/c1-26(2,3)36-25(35)32-20-10-8-19(9-11-20)31-23-24-33-21(16-4-6-18(27)7-5-16)15-34(24)22(14-28-23)17-12-29-30-13-17/h4-7,12-15,19-20H,8-11H2,1-3H3,(H,28,31)(H,29,30)(H,32,35). The second-order valence-electron chi connectivity index (χ2n) is 10.1. The Morgan fingerprint density at radius 2 is 1.81 bits per heavy atom. The van der Waals surface area contributed by atoms with Crippen LogP contribution in [0.2, 0.25) is 5.02 Å². The highest BCUT2D eigenvalue weighted by molar-refractivity contribution is 6.30. The molecule has 5 rings (SSSR count). The van der Waals surface area contributed by atoms with E-state index in [1.807, 2.05) is 68.0 Å². The number of nitrogens with zero attached hydrogens (tertiary/aromatic N) is 4. The number of H-pyrrole nitrogens is 1. The number of amides is 1. The molecular formula is C26H30ClN7O2. The van der Waals surface area contributed by atoms with Crippen molar-refractivity contribution in [2.24, 2.45) is 0 Å². The third kappa shape index (κ3) is 5.46. The van der Waals surface area contributed by atoms with Crippen molar-refractivity contribution >= 4 is 29.2 Å². The van der Waals surface area contributed by atoms with Gasteiger partial charge >= 0.3 is 6.09 Å². The second-order valence-corrected chi connectivity index (χ2v) is 10.6. The number of benzene rings is 1. The molecule has 36 heavy (non-hydrogen) atoms. The molecule has 1 aliphatic carbocycles. The van der Waals surface area contributed by atoms with Crippen LogP contribution in [0.1, 0.15) is 46.5 Å². The van der Waals surface area contributed by atoms with Gasteiger partial charge in [-0.2, -0.15) is 5.10 Å². The molecule has 0 bridgehead atoms. The molecule has 10 heteroatoms. The van der Waals surface area contributed by atoms with Crippen LogP contribution in [0, 0.1) is 0 Å². The summed E-state index contributed by atoms with van der Waals surface area (Å²) < 4.78 is 7.44. The highest BCUT2D eigenvalue weighted by atomic mass is 35.5. The van der Waals surface area contributed by atoms with E-state index < -0.39 is 5.60 Å². The maximum Gasteiger partial charge on any atom is 0.407 e. The minimum absolute atomic E-state index is 0.109. The molecule has 1 fully saturated rings. The Kier molecular flexibility index (Phi) is 6.57. The molecule has 3 aromatic heterocycles. The molecule has 3 heterocycles. The largest absolute Gasteiger partial charge is 0.444 e. The van der Waals surface area contributed by atoms with Gasteiger partial charge in [-0.3, -0.25) is 9.50 Å². The first-order chi connectivity index (χ1) is 17.2. The number of halogens is 1. The number of aromatic amines is 1. The van der Waals surface area contributed by atoms with Crippen molar-refractivity contribution in [3.8, 4) is 22.5 Å². The second kappa shape index (κ2) is 9.81. The van der Waals surface area contributed by atoms with E-state index in [-0.39, 0.29) is 18.2 Å². The molecule has 0 radical (unpaired) electrons. The van der Waals surface area contributed by atoms with Gasteiger partial charge in [0.25, 0.3) is 0 Å². The number of hydrogen-bond acceptors (Lipinski definition) is 6. The Morgan fingerprint density at radius 3 is 2.47 bits per heavy atom. The molecule has 1 amide bonds. The fraction of sp³-hybridized carbons (Fsp3) is 0.385. The molecule has 4 aromatic rings. The van der Waals surface area contributed by atoms with Crippen molar-refractivity contribution in [3.63, 3.8) is 0 Å². The lowest BCUT2D eigenvalue weighted by Gasteiger charge is -2.30. The van der Waals surface area contributed by atoms with Gasteiger partial charge in [-0.25, -0.2) is 14.8 Å². The third-order valence-corrected chi connectivity index (χ3v) is 6.47. The number of anilines is 1. The molecule has 1 aromatic carbocycles. The van der Waals surface area contributed by atoms with Crippen molar-refractivity contribution in [2.75, 3.05) is 5.32 Å². The van der Waals surface area contributed by atoms with Gasteiger partial charge in [-0.05, 0) is 58.6 Å². The Hall–Kier alpha value is -3.59. The van der Waals surface area contributed by atoms with E-state index in [0.29, 0.717) is 5.02 Å². The van der Waals surface area contributed by atoms with Crippen molar-refractivity contribution in [3.05, 3.63) is 54.1 Å². The Balaban J connectivity index is 1.35. The predicted molar refractivity (Wildman–Crippen MR) is 140 cm³/mol. The van der Waals surface area contributed by atoms with Crippen LogP contribution in [-0.4, -0.2) is 48.3 Å². The van der Waals surface area contributed by atoms with E-state index in [9.17, 15) is 4.79 Å². The fourth-order valence-corrected chi connectivity index (χ4v) is 4.62. The van der Waals surface area contributed by atoms with Gasteiger partial charge in [0.2, 0.25) is 0 Å². The summed E-state index contributed by atoms with van der Waals surface area (Å²) in [5, 5.41) is 14.2. The average molecular weight is 508 g/mol. The summed E-state index contributed by atoms with van der Waals surface area (Å²) in [5.41, 5.74) is 3.86. The monoisotopic (exact) mass is 507 g/mol. The first kappa shape index (κ1) is 24.1. The number of hydrogen-bond donors (Lipinski definition) is 3. The van der Waals surface area contributed by atoms with Crippen LogP contribution < -0.4 is 10.6 Å². The Labute approximate surface area is 214 Å². The van der Waals surface area contributed by atoms with Crippen LogP contribution in [0.3, 0.4) is 0 Å². The zero-order valence-corrected chi connectivity index (χ0v) is 21.3. The lowest BCUT2D eigenvalue weighted by atomic mass is 9.91.